The molecular formula is C15H23ClN2O3. The molecule has 0 aliphatic heterocycles. The predicted molar refractivity (Wildman–Crippen MR) is 84.2 cm³/mol. The summed E-state index contributed by atoms with van der Waals surface area (Å²) in [4.78, 5) is 11.5. The number of nitrogens with one attached hydrogen (secondary N) is 2. The van der Waals surface area contributed by atoms with Crippen molar-refractivity contribution in [3.63, 3.8) is 0 Å². The molecule has 0 heterocycles. The van der Waals surface area contributed by atoms with Crippen LogP contribution >= 0.6 is 11.6 Å². The molecule has 0 fully saturated rings. The Hall–Kier alpha value is -1.46. The van der Waals surface area contributed by atoms with Crippen molar-refractivity contribution in [3.05, 3.63) is 22.7 Å². The van der Waals surface area contributed by atoms with Gasteiger partial charge in [-0.05, 0) is 18.1 Å². The van der Waals surface area contributed by atoms with E-state index in [1.54, 1.807) is 14.2 Å². The molecule has 0 saturated carbocycles. The lowest BCUT2D eigenvalue weighted by molar-refractivity contribution is -0.120. The molecule has 0 aliphatic rings. The van der Waals surface area contributed by atoms with Crippen LogP contribution in [0.3, 0.4) is 0 Å². The fourth-order valence-electron chi connectivity index (χ4n) is 1.84. The van der Waals surface area contributed by atoms with E-state index in [-0.39, 0.29) is 5.91 Å². The molecule has 21 heavy (non-hydrogen) atoms. The summed E-state index contributed by atoms with van der Waals surface area (Å²) >= 11 is 6.28. The van der Waals surface area contributed by atoms with E-state index in [0.717, 1.165) is 18.5 Å². The van der Waals surface area contributed by atoms with Gasteiger partial charge in [-0.15, -0.1) is 0 Å². The van der Waals surface area contributed by atoms with Gasteiger partial charge in [-0.2, -0.15) is 0 Å². The third kappa shape index (κ3) is 5.44. The van der Waals surface area contributed by atoms with E-state index >= 15 is 0 Å². The third-order valence-electron chi connectivity index (χ3n) is 2.98. The topological polar surface area (TPSA) is 59.6 Å². The lowest BCUT2D eigenvalue weighted by atomic mass is 10.2. The van der Waals surface area contributed by atoms with E-state index < -0.39 is 0 Å². The van der Waals surface area contributed by atoms with E-state index in [0.29, 0.717) is 36.0 Å². The first-order valence-electron chi connectivity index (χ1n) is 7.00. The minimum Gasteiger partial charge on any atom is -0.493 e. The minimum atomic E-state index is 0.0581. The Labute approximate surface area is 131 Å². The molecule has 6 heteroatoms. The van der Waals surface area contributed by atoms with E-state index in [9.17, 15) is 4.79 Å². The second-order valence-corrected chi connectivity index (χ2v) is 4.93. The number of hydrogen-bond acceptors (Lipinski definition) is 4. The van der Waals surface area contributed by atoms with Crippen molar-refractivity contribution in [2.24, 2.45) is 0 Å². The van der Waals surface area contributed by atoms with Crippen LogP contribution in [0, 0.1) is 0 Å². The number of carbonyl (C=O) groups excluding carboxylic acids is 1. The Morgan fingerprint density at radius 1 is 1.24 bits per heavy atom. The van der Waals surface area contributed by atoms with E-state index in [4.69, 9.17) is 21.1 Å². The highest BCUT2D eigenvalue weighted by molar-refractivity contribution is 6.33. The number of hydrogen-bond donors (Lipinski definition) is 2. The molecule has 0 spiro atoms. The molecule has 1 aromatic rings. The van der Waals surface area contributed by atoms with Crippen molar-refractivity contribution in [2.75, 3.05) is 27.3 Å². The number of benzene rings is 1. The number of rotatable bonds is 9. The van der Waals surface area contributed by atoms with E-state index in [1.807, 2.05) is 19.1 Å². The van der Waals surface area contributed by atoms with Crippen molar-refractivity contribution < 1.29 is 14.3 Å². The number of methoxy groups -OCH3 is 2. The maximum atomic E-state index is 11.5. The molecule has 0 saturated heterocycles. The number of ether oxygens (including phenoxy) is 2. The van der Waals surface area contributed by atoms with Gasteiger partial charge in [0.1, 0.15) is 0 Å². The molecule has 0 unspecified atom stereocenters. The molecule has 0 aromatic heterocycles. The second kappa shape index (κ2) is 9.47. The van der Waals surface area contributed by atoms with Gasteiger partial charge in [0.15, 0.2) is 11.5 Å². The molecule has 1 amide bonds. The van der Waals surface area contributed by atoms with Crippen molar-refractivity contribution in [1.82, 2.24) is 10.6 Å². The molecule has 0 bridgehead atoms. The largest absolute Gasteiger partial charge is 0.493 e. The average Bonchev–Trinajstić information content (AvgIpc) is 2.50. The summed E-state index contributed by atoms with van der Waals surface area (Å²) in [5, 5.41) is 6.56. The normalized spacial score (nSPS) is 10.3. The summed E-state index contributed by atoms with van der Waals surface area (Å²) in [6.45, 7) is 3.92. The molecule has 0 radical (unpaired) electrons. The smallest absolute Gasteiger partial charge is 0.221 e. The number of halogens is 1. The van der Waals surface area contributed by atoms with Gasteiger partial charge in [0.2, 0.25) is 5.91 Å². The van der Waals surface area contributed by atoms with Crippen molar-refractivity contribution in [3.8, 4) is 11.5 Å². The zero-order valence-electron chi connectivity index (χ0n) is 12.8. The summed E-state index contributed by atoms with van der Waals surface area (Å²) < 4.78 is 10.4. The molecule has 1 rings (SSSR count). The van der Waals surface area contributed by atoms with Crippen LogP contribution in [0.2, 0.25) is 5.02 Å². The van der Waals surface area contributed by atoms with E-state index in [1.165, 1.54) is 0 Å². The van der Waals surface area contributed by atoms with Crippen molar-refractivity contribution >= 4 is 17.5 Å². The lowest BCUT2D eigenvalue weighted by Crippen LogP contribution is -2.28. The highest BCUT2D eigenvalue weighted by atomic mass is 35.5. The lowest BCUT2D eigenvalue weighted by Gasteiger charge is -2.13. The van der Waals surface area contributed by atoms with Crippen LogP contribution in [0.1, 0.15) is 25.3 Å². The van der Waals surface area contributed by atoms with Crippen molar-refractivity contribution in [2.45, 2.75) is 26.3 Å². The standard InChI is InChI=1S/C15H23ClN2O3/c1-4-8-18-13(19)7-9-17-10-11-5-6-12(20-2)15(21-3)14(11)16/h5-6,17H,4,7-10H2,1-3H3,(H,18,19). The van der Waals surface area contributed by atoms with Crippen LogP contribution in [0.25, 0.3) is 0 Å². The van der Waals surface area contributed by atoms with Crippen LogP contribution in [0.4, 0.5) is 0 Å². The molecule has 118 valence electrons. The second-order valence-electron chi connectivity index (χ2n) is 4.55. The molecule has 5 nitrogen and oxygen atoms in total. The Morgan fingerprint density at radius 2 is 2.00 bits per heavy atom. The summed E-state index contributed by atoms with van der Waals surface area (Å²) in [6.07, 6.45) is 1.39. The van der Waals surface area contributed by atoms with Gasteiger partial charge in [0.05, 0.1) is 19.2 Å². The average molecular weight is 315 g/mol. The van der Waals surface area contributed by atoms with Crippen LogP contribution in [-0.4, -0.2) is 33.2 Å². The Bertz CT molecular complexity index is 466. The van der Waals surface area contributed by atoms with Gasteiger partial charge in [-0.25, -0.2) is 0 Å². The Kier molecular flexibility index (Phi) is 7.93. The monoisotopic (exact) mass is 314 g/mol. The molecule has 1 aromatic carbocycles. The Morgan fingerprint density at radius 3 is 2.62 bits per heavy atom. The number of carbonyl (C=O) groups is 1. The third-order valence-corrected chi connectivity index (χ3v) is 3.40. The highest BCUT2D eigenvalue weighted by Gasteiger charge is 2.12. The summed E-state index contributed by atoms with van der Waals surface area (Å²) in [7, 11) is 3.13. The summed E-state index contributed by atoms with van der Waals surface area (Å²) in [5.41, 5.74) is 0.906. The van der Waals surface area contributed by atoms with Gasteiger partial charge in [0, 0.05) is 26.1 Å². The van der Waals surface area contributed by atoms with E-state index in [2.05, 4.69) is 10.6 Å². The van der Waals surface area contributed by atoms with Crippen molar-refractivity contribution in [1.29, 1.82) is 0 Å². The zero-order valence-corrected chi connectivity index (χ0v) is 13.5. The summed E-state index contributed by atoms with van der Waals surface area (Å²) in [6, 6.07) is 3.70. The molecule has 0 atom stereocenters. The molecular weight excluding hydrogens is 292 g/mol. The van der Waals surface area contributed by atoms with Crippen LogP contribution in [-0.2, 0) is 11.3 Å². The highest BCUT2D eigenvalue weighted by Crippen LogP contribution is 2.37. The zero-order chi connectivity index (χ0) is 15.7. The fourth-order valence-corrected chi connectivity index (χ4v) is 2.14. The fraction of sp³-hybridized carbons (Fsp3) is 0.533. The first-order valence-corrected chi connectivity index (χ1v) is 7.38. The summed E-state index contributed by atoms with van der Waals surface area (Å²) in [5.74, 6) is 1.19. The maximum Gasteiger partial charge on any atom is 0.221 e. The number of amides is 1. The first kappa shape index (κ1) is 17.6. The van der Waals surface area contributed by atoms with Crippen LogP contribution < -0.4 is 20.1 Å². The van der Waals surface area contributed by atoms with Gasteiger partial charge < -0.3 is 20.1 Å². The minimum absolute atomic E-state index is 0.0581. The predicted octanol–water partition coefficient (Wildman–Crippen LogP) is 2.36. The van der Waals surface area contributed by atoms with Gasteiger partial charge >= 0.3 is 0 Å². The van der Waals surface area contributed by atoms with Crippen LogP contribution in [0.5, 0.6) is 11.5 Å². The maximum absolute atomic E-state index is 11.5. The van der Waals surface area contributed by atoms with Gasteiger partial charge in [-0.1, -0.05) is 24.6 Å². The Balaban J connectivity index is 2.47. The quantitative estimate of drug-likeness (QED) is 0.687. The molecule has 2 N–H and O–H groups in total. The van der Waals surface area contributed by atoms with Gasteiger partial charge in [0.25, 0.3) is 0 Å². The van der Waals surface area contributed by atoms with Gasteiger partial charge in [-0.3, -0.25) is 4.79 Å². The van der Waals surface area contributed by atoms with Crippen LogP contribution in [0.15, 0.2) is 12.1 Å². The molecule has 0 aliphatic carbocycles. The SMILES string of the molecule is CCCNC(=O)CCNCc1ccc(OC)c(OC)c1Cl. The first-order chi connectivity index (χ1) is 10.1.